The van der Waals surface area contributed by atoms with E-state index in [1.54, 1.807) is 10.9 Å². The number of pyridine rings is 2. The highest BCUT2D eigenvalue weighted by Crippen LogP contribution is 2.42. The van der Waals surface area contributed by atoms with Crippen molar-refractivity contribution < 1.29 is 9.90 Å². The number of carbonyl (C=O) groups is 1. The van der Waals surface area contributed by atoms with Gasteiger partial charge in [0.2, 0.25) is 5.91 Å². The molecule has 0 radical (unpaired) electrons. The number of rotatable bonds is 7. The van der Waals surface area contributed by atoms with Crippen molar-refractivity contribution in [3.8, 4) is 5.82 Å². The summed E-state index contributed by atoms with van der Waals surface area (Å²) in [5.41, 5.74) is 4.17. The Bertz CT molecular complexity index is 1420. The molecule has 0 aliphatic heterocycles. The molecule has 0 aromatic carbocycles. The van der Waals surface area contributed by atoms with E-state index < -0.39 is 5.60 Å². The molecule has 0 spiro atoms. The lowest BCUT2D eigenvalue weighted by atomic mass is 9.94. The van der Waals surface area contributed by atoms with Crippen LogP contribution in [0.5, 0.6) is 0 Å². The zero-order valence-electron chi connectivity index (χ0n) is 21.5. The molecule has 10 nitrogen and oxygen atoms in total. The minimum Gasteiger partial charge on any atom is -0.384 e. The number of carbonyl (C=O) groups excluding carboxylic acids is 1. The average molecular weight is 501 g/mol. The van der Waals surface area contributed by atoms with Gasteiger partial charge in [-0.2, -0.15) is 10.2 Å². The summed E-state index contributed by atoms with van der Waals surface area (Å²) in [5, 5.41) is 29.2. The van der Waals surface area contributed by atoms with Gasteiger partial charge in [0.15, 0.2) is 11.6 Å². The largest absolute Gasteiger partial charge is 0.384 e. The van der Waals surface area contributed by atoms with Gasteiger partial charge in [0.05, 0.1) is 11.4 Å². The maximum atomic E-state index is 12.9. The van der Waals surface area contributed by atoms with E-state index in [0.717, 1.165) is 34.0 Å². The second-order valence-electron chi connectivity index (χ2n) is 10.0. The number of hydrogen-bond acceptors (Lipinski definition) is 7. The van der Waals surface area contributed by atoms with Gasteiger partial charge in [0.1, 0.15) is 11.4 Å². The summed E-state index contributed by atoms with van der Waals surface area (Å²) >= 11 is 0. The maximum Gasteiger partial charge on any atom is 0.223 e. The lowest BCUT2D eigenvalue weighted by Gasteiger charge is -2.23. The summed E-state index contributed by atoms with van der Waals surface area (Å²) in [6, 6.07) is 11.5. The number of amides is 1. The summed E-state index contributed by atoms with van der Waals surface area (Å²) in [4.78, 5) is 22.1. The van der Waals surface area contributed by atoms with E-state index in [0.29, 0.717) is 43.1 Å². The molecule has 1 fully saturated rings. The predicted octanol–water partition coefficient (Wildman–Crippen LogP) is 3.67. The molecule has 4 N–H and O–H groups in total. The average Bonchev–Trinajstić information content (AvgIpc) is 3.56. The van der Waals surface area contributed by atoms with Gasteiger partial charge >= 0.3 is 0 Å². The lowest BCUT2D eigenvalue weighted by molar-refractivity contribution is -0.125. The van der Waals surface area contributed by atoms with Gasteiger partial charge in [-0.3, -0.25) is 9.89 Å². The Balaban J connectivity index is 1.21. The number of nitrogens with one attached hydrogen (secondary N) is 3. The fourth-order valence-electron chi connectivity index (χ4n) is 4.91. The molecule has 1 amide bonds. The molecule has 4 aromatic rings. The Morgan fingerprint density at radius 2 is 2.00 bits per heavy atom. The van der Waals surface area contributed by atoms with E-state index >= 15 is 0 Å². The fraction of sp³-hybridized carbons (Fsp3) is 0.370. The summed E-state index contributed by atoms with van der Waals surface area (Å²) in [6.07, 6.45) is 3.14. The van der Waals surface area contributed by atoms with Crippen molar-refractivity contribution in [3.05, 3.63) is 76.5 Å². The molecule has 0 saturated heterocycles. The van der Waals surface area contributed by atoms with E-state index in [4.69, 9.17) is 0 Å². The maximum absolute atomic E-state index is 12.9. The minimum atomic E-state index is -1.16. The number of nitrogens with zero attached hydrogens (tertiary/aromatic N) is 5. The van der Waals surface area contributed by atoms with Crippen LogP contribution in [-0.2, 0) is 16.9 Å². The third-order valence-electron chi connectivity index (χ3n) is 6.77. The van der Waals surface area contributed by atoms with Crippen molar-refractivity contribution in [1.82, 2.24) is 35.3 Å². The van der Waals surface area contributed by atoms with Crippen LogP contribution in [0, 0.1) is 33.6 Å². The third-order valence-corrected chi connectivity index (χ3v) is 6.77. The third kappa shape index (κ3) is 5.39. The Labute approximate surface area is 215 Å². The van der Waals surface area contributed by atoms with E-state index in [1.807, 2.05) is 64.1 Å². The van der Waals surface area contributed by atoms with Gasteiger partial charge < -0.3 is 15.7 Å². The Hall–Kier alpha value is -4.05. The first-order valence-electron chi connectivity index (χ1n) is 12.5. The highest BCUT2D eigenvalue weighted by molar-refractivity contribution is 5.79. The summed E-state index contributed by atoms with van der Waals surface area (Å²) in [5.74, 6) is 1.65. The number of aliphatic hydroxyl groups is 1. The monoisotopic (exact) mass is 500 g/mol. The molecule has 5 rings (SSSR count). The molecular formula is C27H32N8O2. The van der Waals surface area contributed by atoms with Gasteiger partial charge in [-0.15, -0.1) is 0 Å². The number of H-pyrrole nitrogens is 1. The normalized spacial score (nSPS) is 19.2. The van der Waals surface area contributed by atoms with Gasteiger partial charge in [0, 0.05) is 36.1 Å². The van der Waals surface area contributed by atoms with E-state index in [1.165, 1.54) is 0 Å². The molecular weight excluding hydrogens is 468 g/mol. The quantitative estimate of drug-likeness (QED) is 0.304. The number of aromatic amines is 1. The highest BCUT2D eigenvalue weighted by atomic mass is 16.3. The fourth-order valence-corrected chi connectivity index (χ4v) is 4.91. The Morgan fingerprint density at radius 1 is 1.16 bits per heavy atom. The number of hydrogen-bond donors (Lipinski definition) is 4. The molecule has 4 heterocycles. The van der Waals surface area contributed by atoms with Crippen LogP contribution in [0.25, 0.3) is 5.82 Å². The number of aryl methyl sites for hydroxylation is 4. The van der Waals surface area contributed by atoms with Crippen molar-refractivity contribution >= 4 is 17.5 Å². The molecule has 1 aliphatic carbocycles. The second-order valence-corrected chi connectivity index (χ2v) is 10.0. The van der Waals surface area contributed by atoms with Gasteiger partial charge in [-0.05, 0) is 82.3 Å². The second kappa shape index (κ2) is 9.78. The molecule has 2 atom stereocenters. The number of anilines is 2. The van der Waals surface area contributed by atoms with Gasteiger partial charge in [0.25, 0.3) is 0 Å². The van der Waals surface area contributed by atoms with E-state index in [9.17, 15) is 9.90 Å². The van der Waals surface area contributed by atoms with E-state index in [-0.39, 0.29) is 11.8 Å². The standard InChI is InChI=1S/C27H32N8O2/c1-16-9-22(30-23(10-16)31-24-12-17(2)32-33-24)27(37)8-7-21(13-27)26(36)29-15-20-5-6-25(28-14-20)35-19(4)11-18(3)34-35/h5-6,9-12,14,21,37H,7-8,13,15H2,1-4H3,(H,29,36)(H2,30,31,32,33). The van der Waals surface area contributed by atoms with Crippen LogP contribution in [-0.4, -0.2) is 41.0 Å². The zero-order valence-corrected chi connectivity index (χ0v) is 21.5. The smallest absolute Gasteiger partial charge is 0.223 e. The lowest BCUT2D eigenvalue weighted by Crippen LogP contribution is -2.31. The van der Waals surface area contributed by atoms with Crippen LogP contribution in [0.3, 0.4) is 0 Å². The molecule has 1 aliphatic rings. The van der Waals surface area contributed by atoms with Gasteiger partial charge in [-0.1, -0.05) is 6.07 Å². The first-order valence-corrected chi connectivity index (χ1v) is 12.5. The SMILES string of the molecule is Cc1cc(Nc2cc(C)[nH]n2)nc(C2(O)CCC(C(=O)NCc3ccc(-n4nc(C)cc4C)nc3)C2)c1. The molecule has 0 bridgehead atoms. The molecule has 2 unspecified atom stereocenters. The zero-order chi connectivity index (χ0) is 26.2. The molecule has 192 valence electrons. The molecule has 1 saturated carbocycles. The van der Waals surface area contributed by atoms with Crippen LogP contribution in [0.15, 0.2) is 42.6 Å². The van der Waals surface area contributed by atoms with Gasteiger partial charge in [-0.25, -0.2) is 14.6 Å². The van der Waals surface area contributed by atoms with Crippen LogP contribution in [0.1, 0.15) is 53.2 Å². The molecule has 10 heteroatoms. The van der Waals surface area contributed by atoms with Crippen LogP contribution in [0.2, 0.25) is 0 Å². The number of aromatic nitrogens is 6. The van der Waals surface area contributed by atoms with Crippen LogP contribution >= 0.6 is 0 Å². The van der Waals surface area contributed by atoms with Crippen LogP contribution in [0.4, 0.5) is 11.6 Å². The van der Waals surface area contributed by atoms with Crippen molar-refractivity contribution in [3.63, 3.8) is 0 Å². The minimum absolute atomic E-state index is 0.0726. The molecule has 37 heavy (non-hydrogen) atoms. The first kappa shape index (κ1) is 24.6. The Morgan fingerprint density at radius 3 is 2.68 bits per heavy atom. The van der Waals surface area contributed by atoms with Crippen molar-refractivity contribution in [1.29, 1.82) is 0 Å². The van der Waals surface area contributed by atoms with Crippen molar-refractivity contribution in [2.45, 2.75) is 59.1 Å². The van der Waals surface area contributed by atoms with Crippen LogP contribution < -0.4 is 10.6 Å². The highest BCUT2D eigenvalue weighted by Gasteiger charge is 2.43. The first-order chi connectivity index (χ1) is 17.7. The Kier molecular flexibility index (Phi) is 6.51. The summed E-state index contributed by atoms with van der Waals surface area (Å²) in [7, 11) is 0. The topological polar surface area (TPSA) is 134 Å². The van der Waals surface area contributed by atoms with Crippen molar-refractivity contribution in [2.24, 2.45) is 5.92 Å². The van der Waals surface area contributed by atoms with E-state index in [2.05, 4.69) is 35.9 Å². The van der Waals surface area contributed by atoms with Crippen molar-refractivity contribution in [2.75, 3.05) is 5.32 Å². The summed E-state index contributed by atoms with van der Waals surface area (Å²) < 4.78 is 1.80. The predicted molar refractivity (Wildman–Crippen MR) is 139 cm³/mol. The summed E-state index contributed by atoms with van der Waals surface area (Å²) in [6.45, 7) is 8.20. The molecule has 4 aromatic heterocycles.